The minimum Gasteiger partial charge on any atom is -0.481 e. The van der Waals surface area contributed by atoms with Gasteiger partial charge in [-0.3, -0.25) is 9.59 Å². The Morgan fingerprint density at radius 2 is 1.85 bits per heavy atom. The number of carboxylic acid groups (broad SMARTS) is 1. The van der Waals surface area contributed by atoms with Crippen molar-refractivity contribution in [2.24, 2.45) is 17.8 Å². The molecular formula is C16H19NO3. The topological polar surface area (TPSA) is 57.6 Å². The van der Waals surface area contributed by atoms with Crippen LogP contribution in [0.5, 0.6) is 0 Å². The molecule has 0 aliphatic heterocycles. The lowest BCUT2D eigenvalue weighted by Crippen LogP contribution is -2.39. The van der Waals surface area contributed by atoms with Crippen molar-refractivity contribution < 1.29 is 14.7 Å². The number of carbonyl (C=O) groups excluding carboxylic acids is 1. The molecule has 1 N–H and O–H groups in total. The third-order valence-corrected chi connectivity index (χ3v) is 4.42. The minimum absolute atomic E-state index is 0.0181. The van der Waals surface area contributed by atoms with E-state index in [-0.39, 0.29) is 11.8 Å². The molecule has 2 unspecified atom stereocenters. The van der Waals surface area contributed by atoms with Crippen LogP contribution >= 0.6 is 0 Å². The van der Waals surface area contributed by atoms with Crippen molar-refractivity contribution in [3.05, 3.63) is 30.3 Å². The molecule has 0 heterocycles. The second-order valence-electron chi connectivity index (χ2n) is 5.87. The van der Waals surface area contributed by atoms with Crippen LogP contribution in [0.3, 0.4) is 0 Å². The van der Waals surface area contributed by atoms with Crippen molar-refractivity contribution in [3.8, 4) is 0 Å². The van der Waals surface area contributed by atoms with Crippen LogP contribution in [-0.2, 0) is 9.59 Å². The Morgan fingerprint density at radius 3 is 2.35 bits per heavy atom. The second kappa shape index (κ2) is 5.27. The van der Waals surface area contributed by atoms with Crippen LogP contribution in [0, 0.1) is 17.8 Å². The molecule has 0 bridgehead atoms. The molecule has 2 saturated carbocycles. The SMILES string of the molecule is O=C(O)C1CC1C(=O)N(CC1CCC1)c1ccccc1. The van der Waals surface area contributed by atoms with Crippen LogP contribution in [-0.4, -0.2) is 23.5 Å². The number of benzene rings is 1. The molecule has 0 radical (unpaired) electrons. The summed E-state index contributed by atoms with van der Waals surface area (Å²) in [4.78, 5) is 25.3. The van der Waals surface area contributed by atoms with E-state index in [1.165, 1.54) is 19.3 Å². The zero-order valence-electron chi connectivity index (χ0n) is 11.4. The highest BCUT2D eigenvalue weighted by Crippen LogP contribution is 2.41. The molecule has 0 saturated heterocycles. The first-order valence-corrected chi connectivity index (χ1v) is 7.26. The van der Waals surface area contributed by atoms with Crippen molar-refractivity contribution in [2.75, 3.05) is 11.4 Å². The maximum atomic E-state index is 12.6. The number of nitrogens with zero attached hydrogens (tertiary/aromatic N) is 1. The number of amides is 1. The Balaban J connectivity index is 1.75. The fourth-order valence-electron chi connectivity index (χ4n) is 2.81. The van der Waals surface area contributed by atoms with E-state index in [1.807, 2.05) is 30.3 Å². The number of aliphatic carboxylic acids is 1. The van der Waals surface area contributed by atoms with Crippen LogP contribution in [0.25, 0.3) is 0 Å². The maximum Gasteiger partial charge on any atom is 0.307 e. The molecule has 20 heavy (non-hydrogen) atoms. The fraction of sp³-hybridized carbons (Fsp3) is 0.500. The van der Waals surface area contributed by atoms with E-state index >= 15 is 0 Å². The highest BCUT2D eigenvalue weighted by atomic mass is 16.4. The van der Waals surface area contributed by atoms with Gasteiger partial charge in [-0.05, 0) is 37.3 Å². The summed E-state index contributed by atoms with van der Waals surface area (Å²) in [5.41, 5.74) is 0.889. The van der Waals surface area contributed by atoms with Gasteiger partial charge < -0.3 is 10.0 Å². The van der Waals surface area contributed by atoms with Crippen molar-refractivity contribution >= 4 is 17.6 Å². The highest BCUT2D eigenvalue weighted by molar-refractivity contribution is 6.00. The molecule has 1 aromatic rings. The number of carbonyl (C=O) groups is 2. The van der Waals surface area contributed by atoms with E-state index in [0.29, 0.717) is 12.3 Å². The van der Waals surface area contributed by atoms with Gasteiger partial charge in [0.15, 0.2) is 0 Å². The molecule has 4 heteroatoms. The minimum atomic E-state index is -0.847. The first-order chi connectivity index (χ1) is 9.66. The fourth-order valence-corrected chi connectivity index (χ4v) is 2.81. The number of hydrogen-bond donors (Lipinski definition) is 1. The second-order valence-corrected chi connectivity index (χ2v) is 5.87. The average Bonchev–Trinajstić information content (AvgIpc) is 3.18. The van der Waals surface area contributed by atoms with Gasteiger partial charge in [0.1, 0.15) is 0 Å². The van der Waals surface area contributed by atoms with Crippen LogP contribution < -0.4 is 4.90 Å². The molecule has 0 spiro atoms. The highest BCUT2D eigenvalue weighted by Gasteiger charge is 2.50. The van der Waals surface area contributed by atoms with Gasteiger partial charge in [-0.2, -0.15) is 0 Å². The maximum absolute atomic E-state index is 12.6. The number of carboxylic acids is 1. The van der Waals surface area contributed by atoms with Gasteiger partial charge in [-0.1, -0.05) is 24.6 Å². The Bertz CT molecular complexity index is 510. The molecule has 2 fully saturated rings. The van der Waals surface area contributed by atoms with E-state index in [9.17, 15) is 9.59 Å². The average molecular weight is 273 g/mol. The van der Waals surface area contributed by atoms with Gasteiger partial charge in [-0.25, -0.2) is 0 Å². The first-order valence-electron chi connectivity index (χ1n) is 7.26. The van der Waals surface area contributed by atoms with E-state index in [0.717, 1.165) is 12.2 Å². The monoisotopic (exact) mass is 273 g/mol. The standard InChI is InChI=1S/C16H19NO3/c18-15(13-9-14(13)16(19)20)17(10-11-5-4-6-11)12-7-2-1-3-8-12/h1-3,7-8,11,13-14H,4-6,9-10H2,(H,19,20). The molecule has 106 valence electrons. The zero-order chi connectivity index (χ0) is 14.1. The Labute approximate surface area is 118 Å². The third-order valence-electron chi connectivity index (χ3n) is 4.42. The smallest absolute Gasteiger partial charge is 0.307 e. The molecule has 3 rings (SSSR count). The molecule has 4 nitrogen and oxygen atoms in total. The summed E-state index contributed by atoms with van der Waals surface area (Å²) >= 11 is 0. The van der Waals surface area contributed by atoms with Gasteiger partial charge in [0.2, 0.25) is 5.91 Å². The van der Waals surface area contributed by atoms with Gasteiger partial charge >= 0.3 is 5.97 Å². The van der Waals surface area contributed by atoms with Crippen molar-refractivity contribution in [2.45, 2.75) is 25.7 Å². The number of rotatable bonds is 5. The number of hydrogen-bond acceptors (Lipinski definition) is 2. The quantitative estimate of drug-likeness (QED) is 0.897. The molecule has 1 aromatic carbocycles. The molecular weight excluding hydrogens is 254 g/mol. The predicted octanol–water partition coefficient (Wildman–Crippen LogP) is 2.54. The molecule has 2 aliphatic carbocycles. The van der Waals surface area contributed by atoms with Crippen LogP contribution in [0.1, 0.15) is 25.7 Å². The third kappa shape index (κ3) is 2.55. The summed E-state index contributed by atoms with van der Waals surface area (Å²) < 4.78 is 0. The summed E-state index contributed by atoms with van der Waals surface area (Å²) in [6.07, 6.45) is 4.07. The van der Waals surface area contributed by atoms with E-state index < -0.39 is 11.9 Å². The summed E-state index contributed by atoms with van der Waals surface area (Å²) in [5, 5.41) is 8.99. The van der Waals surface area contributed by atoms with Gasteiger partial charge in [0.25, 0.3) is 0 Å². The van der Waals surface area contributed by atoms with E-state index in [1.54, 1.807) is 4.90 Å². The van der Waals surface area contributed by atoms with Gasteiger partial charge in [0, 0.05) is 12.2 Å². The van der Waals surface area contributed by atoms with Crippen LogP contribution in [0.4, 0.5) is 5.69 Å². The first kappa shape index (κ1) is 13.2. The lowest BCUT2D eigenvalue weighted by molar-refractivity contribution is -0.140. The molecule has 2 atom stereocenters. The van der Waals surface area contributed by atoms with E-state index in [4.69, 9.17) is 5.11 Å². The van der Waals surface area contributed by atoms with Crippen molar-refractivity contribution in [1.29, 1.82) is 0 Å². The molecule has 1 amide bonds. The normalized spacial score (nSPS) is 24.8. The van der Waals surface area contributed by atoms with Gasteiger partial charge in [0.05, 0.1) is 11.8 Å². The summed E-state index contributed by atoms with van der Waals surface area (Å²) in [7, 11) is 0. The van der Waals surface area contributed by atoms with Crippen molar-refractivity contribution in [1.82, 2.24) is 0 Å². The van der Waals surface area contributed by atoms with Crippen LogP contribution in [0.15, 0.2) is 30.3 Å². The van der Waals surface area contributed by atoms with Crippen molar-refractivity contribution in [3.63, 3.8) is 0 Å². The van der Waals surface area contributed by atoms with E-state index in [2.05, 4.69) is 0 Å². The lowest BCUT2D eigenvalue weighted by atomic mass is 9.85. The van der Waals surface area contributed by atoms with Gasteiger partial charge in [-0.15, -0.1) is 0 Å². The number of para-hydroxylation sites is 1. The summed E-state index contributed by atoms with van der Waals surface area (Å²) in [6.45, 7) is 0.728. The Morgan fingerprint density at radius 1 is 1.15 bits per heavy atom. The predicted molar refractivity (Wildman–Crippen MR) is 75.4 cm³/mol. The Hall–Kier alpha value is -1.84. The largest absolute Gasteiger partial charge is 0.481 e. The number of anilines is 1. The van der Waals surface area contributed by atoms with Crippen LogP contribution in [0.2, 0.25) is 0 Å². The summed E-state index contributed by atoms with van der Waals surface area (Å²) in [6, 6.07) is 9.60. The molecule has 0 aromatic heterocycles. The Kier molecular flexibility index (Phi) is 3.47. The summed E-state index contributed by atoms with van der Waals surface area (Å²) in [5.74, 6) is -1.10. The zero-order valence-corrected chi connectivity index (χ0v) is 11.4. The lowest BCUT2D eigenvalue weighted by Gasteiger charge is -2.32. The molecule has 2 aliphatic rings.